The molecule has 0 aliphatic carbocycles. The fraction of sp³-hybridized carbons (Fsp3) is 0.167. The Hall–Kier alpha value is -3.35. The quantitative estimate of drug-likeness (QED) is 0.419. The Morgan fingerprint density at radius 1 is 0.880 bits per heavy atom. The van der Waals surface area contributed by atoms with Gasteiger partial charge in [-0.3, -0.25) is 4.79 Å². The summed E-state index contributed by atoms with van der Waals surface area (Å²) < 4.78 is 15.6. The van der Waals surface area contributed by atoms with Gasteiger partial charge < -0.3 is 29.5 Å². The van der Waals surface area contributed by atoms with Crippen LogP contribution >= 0.6 is 0 Å². The number of phenols is 3. The zero-order chi connectivity index (χ0) is 18.6. The van der Waals surface area contributed by atoms with E-state index >= 15 is 0 Å². The summed E-state index contributed by atoms with van der Waals surface area (Å²) in [5.41, 5.74) is 0.645. The molecule has 7 nitrogen and oxygen atoms in total. The molecular weight excluding hydrogens is 328 g/mol. The van der Waals surface area contributed by atoms with E-state index in [0.717, 1.165) is 0 Å². The highest BCUT2D eigenvalue weighted by Gasteiger charge is 2.16. The van der Waals surface area contributed by atoms with Crippen LogP contribution in [0.5, 0.6) is 34.5 Å². The third kappa shape index (κ3) is 3.77. The van der Waals surface area contributed by atoms with E-state index < -0.39 is 17.2 Å². The van der Waals surface area contributed by atoms with E-state index in [-0.39, 0.29) is 5.78 Å². The third-order valence-electron chi connectivity index (χ3n) is 3.47. The lowest BCUT2D eigenvalue weighted by Gasteiger charge is -2.13. The van der Waals surface area contributed by atoms with Crippen molar-refractivity contribution in [2.75, 3.05) is 21.3 Å². The average molecular weight is 346 g/mol. The molecule has 0 bridgehead atoms. The maximum absolute atomic E-state index is 12.4. The van der Waals surface area contributed by atoms with Gasteiger partial charge in [0.05, 0.1) is 21.3 Å². The molecule has 0 radical (unpaired) electrons. The number of ketones is 1. The molecule has 2 aromatic carbocycles. The van der Waals surface area contributed by atoms with Gasteiger partial charge in [0.25, 0.3) is 0 Å². The van der Waals surface area contributed by atoms with Gasteiger partial charge in [-0.1, -0.05) is 6.08 Å². The normalized spacial score (nSPS) is 10.7. The van der Waals surface area contributed by atoms with E-state index in [9.17, 15) is 20.1 Å². The van der Waals surface area contributed by atoms with Crippen molar-refractivity contribution in [2.24, 2.45) is 0 Å². The SMILES string of the molecule is COc1cc(C(=O)C=Cc2cc(O)c(O)c(O)c2)cc(OC)c1OC. The minimum atomic E-state index is -0.617. The number of allylic oxidation sites excluding steroid dienone is 1. The largest absolute Gasteiger partial charge is 0.504 e. The van der Waals surface area contributed by atoms with E-state index in [1.54, 1.807) is 0 Å². The van der Waals surface area contributed by atoms with E-state index in [1.807, 2.05) is 0 Å². The van der Waals surface area contributed by atoms with Gasteiger partial charge in [0.1, 0.15) is 0 Å². The average Bonchev–Trinajstić information content (AvgIpc) is 2.62. The van der Waals surface area contributed by atoms with Crippen LogP contribution in [0.15, 0.2) is 30.3 Å². The first-order chi connectivity index (χ1) is 11.9. The van der Waals surface area contributed by atoms with E-state index in [0.29, 0.717) is 28.4 Å². The summed E-state index contributed by atoms with van der Waals surface area (Å²) >= 11 is 0. The Balaban J connectivity index is 2.35. The predicted octanol–water partition coefficient (Wildman–Crippen LogP) is 2.73. The van der Waals surface area contributed by atoms with Gasteiger partial charge in [-0.2, -0.15) is 0 Å². The second-order valence-corrected chi connectivity index (χ2v) is 5.02. The van der Waals surface area contributed by atoms with Crippen LogP contribution < -0.4 is 14.2 Å². The van der Waals surface area contributed by atoms with Crippen molar-refractivity contribution >= 4 is 11.9 Å². The van der Waals surface area contributed by atoms with Gasteiger partial charge in [0.15, 0.2) is 34.5 Å². The Morgan fingerprint density at radius 2 is 1.40 bits per heavy atom. The molecular formula is C18H18O7. The van der Waals surface area contributed by atoms with Crippen LogP contribution in [-0.4, -0.2) is 42.4 Å². The Morgan fingerprint density at radius 3 is 1.84 bits per heavy atom. The number of benzene rings is 2. The second kappa shape index (κ2) is 7.48. The first-order valence-electron chi connectivity index (χ1n) is 7.18. The van der Waals surface area contributed by atoms with Crippen molar-refractivity contribution < 1.29 is 34.3 Å². The molecule has 0 amide bonds. The Kier molecular flexibility index (Phi) is 5.38. The highest BCUT2D eigenvalue weighted by molar-refractivity contribution is 6.07. The smallest absolute Gasteiger partial charge is 0.203 e. The molecule has 2 rings (SSSR count). The standard InChI is InChI=1S/C18H18O7/c1-23-15-8-11(9-16(24-2)18(15)25-3)12(19)5-4-10-6-13(20)17(22)14(21)7-10/h4-9,20-22H,1-3H3. The summed E-state index contributed by atoms with van der Waals surface area (Å²) in [6, 6.07) is 5.46. The number of methoxy groups -OCH3 is 3. The number of rotatable bonds is 6. The molecule has 0 atom stereocenters. The molecule has 0 spiro atoms. The van der Waals surface area contributed by atoms with Crippen LogP contribution in [0.4, 0.5) is 0 Å². The Bertz CT molecular complexity index is 776. The van der Waals surface area contributed by atoms with Gasteiger partial charge in [0, 0.05) is 5.56 Å². The first-order valence-corrected chi connectivity index (χ1v) is 7.18. The summed E-state index contributed by atoms with van der Waals surface area (Å²) in [6.07, 6.45) is 2.65. The van der Waals surface area contributed by atoms with Gasteiger partial charge in [0.2, 0.25) is 5.75 Å². The maximum Gasteiger partial charge on any atom is 0.203 e. The number of ether oxygens (including phenoxy) is 3. The summed E-state index contributed by atoms with van der Waals surface area (Å²) in [6.45, 7) is 0. The lowest BCUT2D eigenvalue weighted by molar-refractivity contribution is 0.104. The molecule has 0 saturated carbocycles. The monoisotopic (exact) mass is 346 g/mol. The number of aromatic hydroxyl groups is 3. The lowest BCUT2D eigenvalue weighted by atomic mass is 10.1. The maximum atomic E-state index is 12.4. The zero-order valence-electron chi connectivity index (χ0n) is 13.9. The van der Waals surface area contributed by atoms with Crippen LogP contribution in [0.3, 0.4) is 0 Å². The molecule has 7 heteroatoms. The fourth-order valence-electron chi connectivity index (χ4n) is 2.21. The van der Waals surface area contributed by atoms with Gasteiger partial charge in [-0.15, -0.1) is 0 Å². The van der Waals surface area contributed by atoms with Crippen LogP contribution in [0.25, 0.3) is 6.08 Å². The predicted molar refractivity (Wildman–Crippen MR) is 90.9 cm³/mol. The molecule has 0 unspecified atom stereocenters. The fourth-order valence-corrected chi connectivity index (χ4v) is 2.21. The number of hydrogen-bond donors (Lipinski definition) is 3. The summed E-state index contributed by atoms with van der Waals surface area (Å²) in [4.78, 5) is 12.4. The molecule has 0 aromatic heterocycles. The molecule has 0 saturated heterocycles. The first kappa shape index (κ1) is 18.0. The number of hydrogen-bond acceptors (Lipinski definition) is 7. The molecule has 25 heavy (non-hydrogen) atoms. The lowest BCUT2D eigenvalue weighted by Crippen LogP contribution is -2.00. The van der Waals surface area contributed by atoms with Crippen molar-refractivity contribution in [1.82, 2.24) is 0 Å². The van der Waals surface area contributed by atoms with Crippen molar-refractivity contribution in [2.45, 2.75) is 0 Å². The number of phenolic OH excluding ortho intramolecular Hbond substituents is 3. The topological polar surface area (TPSA) is 105 Å². The second-order valence-electron chi connectivity index (χ2n) is 5.02. The zero-order valence-corrected chi connectivity index (χ0v) is 13.9. The number of carbonyl (C=O) groups excluding carboxylic acids is 1. The van der Waals surface area contributed by atoms with Gasteiger partial charge in [-0.05, 0) is 35.9 Å². The van der Waals surface area contributed by atoms with Crippen LogP contribution in [0, 0.1) is 0 Å². The minimum Gasteiger partial charge on any atom is -0.504 e. The Labute approximate surface area is 144 Å². The van der Waals surface area contributed by atoms with E-state index in [4.69, 9.17) is 14.2 Å². The van der Waals surface area contributed by atoms with Crippen molar-refractivity contribution in [3.63, 3.8) is 0 Å². The van der Waals surface area contributed by atoms with Gasteiger partial charge in [-0.25, -0.2) is 0 Å². The highest BCUT2D eigenvalue weighted by atomic mass is 16.5. The highest BCUT2D eigenvalue weighted by Crippen LogP contribution is 2.38. The summed E-state index contributed by atoms with van der Waals surface area (Å²) in [5, 5.41) is 28.3. The van der Waals surface area contributed by atoms with Crippen LogP contribution in [0.2, 0.25) is 0 Å². The van der Waals surface area contributed by atoms with E-state index in [2.05, 4.69) is 0 Å². The third-order valence-corrected chi connectivity index (χ3v) is 3.47. The minimum absolute atomic E-state index is 0.304. The molecule has 0 aliphatic rings. The van der Waals surface area contributed by atoms with Crippen molar-refractivity contribution in [3.8, 4) is 34.5 Å². The van der Waals surface area contributed by atoms with E-state index in [1.165, 1.54) is 57.7 Å². The van der Waals surface area contributed by atoms with Crippen LogP contribution in [0.1, 0.15) is 15.9 Å². The van der Waals surface area contributed by atoms with Gasteiger partial charge >= 0.3 is 0 Å². The molecule has 0 heterocycles. The number of carbonyl (C=O) groups is 1. The molecule has 132 valence electrons. The van der Waals surface area contributed by atoms with Crippen LogP contribution in [-0.2, 0) is 0 Å². The summed E-state index contributed by atoms with van der Waals surface area (Å²) in [5.74, 6) is -0.880. The molecule has 0 aliphatic heterocycles. The van der Waals surface area contributed by atoms with Crippen molar-refractivity contribution in [3.05, 3.63) is 41.5 Å². The van der Waals surface area contributed by atoms with Crippen molar-refractivity contribution in [1.29, 1.82) is 0 Å². The summed E-state index contributed by atoms with van der Waals surface area (Å²) in [7, 11) is 4.36. The molecule has 3 N–H and O–H groups in total. The molecule has 2 aromatic rings. The molecule has 0 fully saturated rings.